The van der Waals surface area contributed by atoms with E-state index in [1.165, 1.54) is 43.2 Å². The molecule has 2 heterocycles. The molecule has 4 aromatic rings. The van der Waals surface area contributed by atoms with Gasteiger partial charge < -0.3 is 4.42 Å². The van der Waals surface area contributed by atoms with Crippen LogP contribution in [-0.2, 0) is 7.05 Å². The zero-order valence-corrected chi connectivity index (χ0v) is 18.0. The molecule has 3 nitrogen and oxygen atoms in total. The highest BCUT2D eigenvalue weighted by atomic mass is 16.3. The Morgan fingerprint density at radius 3 is 2.53 bits per heavy atom. The molecule has 0 aliphatic heterocycles. The monoisotopic (exact) mass is 395 g/mol. The summed E-state index contributed by atoms with van der Waals surface area (Å²) < 4.78 is 8.82. The van der Waals surface area contributed by atoms with E-state index in [4.69, 9.17) is 4.42 Å². The van der Waals surface area contributed by atoms with E-state index < -0.39 is 0 Å². The first kappa shape index (κ1) is 18.9. The molecule has 3 heteroatoms. The van der Waals surface area contributed by atoms with Crippen LogP contribution >= 0.6 is 0 Å². The van der Waals surface area contributed by atoms with Crippen LogP contribution in [0.15, 0.2) is 47.0 Å². The SMILES string of the molecule is Cc1ccc2c(oc3c(C4CCCCC4)cc(C)c(C#N)c32)c1-c1cccc[n+]1C. The summed E-state index contributed by atoms with van der Waals surface area (Å²) in [5.41, 5.74) is 8.32. The second kappa shape index (κ2) is 7.29. The predicted octanol–water partition coefficient (Wildman–Crippen LogP) is 6.61. The summed E-state index contributed by atoms with van der Waals surface area (Å²) >= 11 is 0. The van der Waals surface area contributed by atoms with Gasteiger partial charge in [0.15, 0.2) is 6.20 Å². The van der Waals surface area contributed by atoms with Crippen LogP contribution in [0.5, 0.6) is 0 Å². The number of rotatable bonds is 2. The number of hydrogen-bond acceptors (Lipinski definition) is 2. The van der Waals surface area contributed by atoms with Gasteiger partial charge in [-0.05, 0) is 55.4 Å². The van der Waals surface area contributed by atoms with Gasteiger partial charge in [-0.3, -0.25) is 0 Å². The van der Waals surface area contributed by atoms with Crippen LogP contribution in [0.4, 0.5) is 0 Å². The summed E-state index contributed by atoms with van der Waals surface area (Å²) in [6.07, 6.45) is 8.34. The van der Waals surface area contributed by atoms with Crippen molar-refractivity contribution < 1.29 is 8.98 Å². The van der Waals surface area contributed by atoms with Crippen molar-refractivity contribution in [2.24, 2.45) is 7.05 Å². The Morgan fingerprint density at radius 1 is 1.00 bits per heavy atom. The normalized spacial score (nSPS) is 15.0. The van der Waals surface area contributed by atoms with E-state index in [1.807, 2.05) is 6.07 Å². The molecule has 2 aromatic carbocycles. The van der Waals surface area contributed by atoms with Gasteiger partial charge in [-0.2, -0.15) is 5.26 Å². The van der Waals surface area contributed by atoms with E-state index in [0.29, 0.717) is 5.92 Å². The van der Waals surface area contributed by atoms with Gasteiger partial charge in [0, 0.05) is 22.9 Å². The number of aromatic nitrogens is 1. The molecule has 1 saturated carbocycles. The van der Waals surface area contributed by atoms with Gasteiger partial charge in [-0.15, -0.1) is 0 Å². The molecule has 0 saturated heterocycles. The molecule has 1 fully saturated rings. The standard InChI is InChI=1S/C27H27N2O/c1-17-12-13-20-25-22(16-28)18(2)15-21(19-9-5-4-6-10-19)27(25)30-26(20)24(17)23-11-7-8-14-29(23)3/h7-8,11-15,19H,4-6,9-10H2,1-3H3/q+1. The predicted molar refractivity (Wildman–Crippen MR) is 120 cm³/mol. The molecule has 0 bridgehead atoms. The number of hydrogen-bond donors (Lipinski definition) is 0. The minimum absolute atomic E-state index is 0.519. The summed E-state index contributed by atoms with van der Waals surface area (Å²) in [6.45, 7) is 4.20. The van der Waals surface area contributed by atoms with Crippen molar-refractivity contribution in [1.29, 1.82) is 5.26 Å². The smallest absolute Gasteiger partial charge is 0.216 e. The maximum atomic E-state index is 9.98. The Hall–Kier alpha value is -3.12. The van der Waals surface area contributed by atoms with Crippen molar-refractivity contribution in [3.63, 3.8) is 0 Å². The van der Waals surface area contributed by atoms with Gasteiger partial charge in [0.2, 0.25) is 5.69 Å². The lowest BCUT2D eigenvalue weighted by Gasteiger charge is -2.22. The minimum atomic E-state index is 0.519. The van der Waals surface area contributed by atoms with Crippen molar-refractivity contribution in [2.75, 3.05) is 0 Å². The fourth-order valence-electron chi connectivity index (χ4n) is 5.24. The molecule has 0 amide bonds. The summed E-state index contributed by atoms with van der Waals surface area (Å²) in [6, 6.07) is 15.2. The molecule has 1 aliphatic rings. The lowest BCUT2D eigenvalue weighted by Crippen LogP contribution is -2.30. The number of nitrogens with zero attached hydrogens (tertiary/aromatic N) is 2. The average molecular weight is 396 g/mol. The molecule has 0 N–H and O–H groups in total. The van der Waals surface area contributed by atoms with E-state index in [1.54, 1.807) is 0 Å². The third-order valence-corrected chi connectivity index (χ3v) is 6.81. The van der Waals surface area contributed by atoms with Gasteiger partial charge in [-0.1, -0.05) is 37.5 Å². The summed E-state index contributed by atoms with van der Waals surface area (Å²) in [5.74, 6) is 0.519. The van der Waals surface area contributed by atoms with Crippen LogP contribution in [0, 0.1) is 25.2 Å². The van der Waals surface area contributed by atoms with Crippen LogP contribution in [0.25, 0.3) is 33.2 Å². The van der Waals surface area contributed by atoms with Crippen molar-refractivity contribution in [2.45, 2.75) is 51.9 Å². The van der Waals surface area contributed by atoms with Gasteiger partial charge in [0.05, 0.1) is 11.1 Å². The summed E-state index contributed by atoms with van der Waals surface area (Å²) in [7, 11) is 2.06. The Labute approximate surface area is 177 Å². The molecule has 2 aromatic heterocycles. The van der Waals surface area contributed by atoms with E-state index in [0.717, 1.165) is 44.3 Å². The van der Waals surface area contributed by atoms with Crippen molar-refractivity contribution in [3.8, 4) is 17.3 Å². The second-order valence-corrected chi connectivity index (χ2v) is 8.74. The fraction of sp³-hybridized carbons (Fsp3) is 0.333. The Bertz CT molecular complexity index is 1320. The highest BCUT2D eigenvalue weighted by Crippen LogP contribution is 2.44. The molecule has 1 aliphatic carbocycles. The average Bonchev–Trinajstić information content (AvgIpc) is 3.14. The zero-order valence-electron chi connectivity index (χ0n) is 18.0. The molecule has 0 spiro atoms. The Balaban J connectivity index is 1.90. The van der Waals surface area contributed by atoms with E-state index in [2.05, 4.69) is 68.1 Å². The van der Waals surface area contributed by atoms with Crippen molar-refractivity contribution in [3.05, 3.63) is 64.8 Å². The molecule has 0 atom stereocenters. The maximum Gasteiger partial charge on any atom is 0.216 e. The molecule has 0 radical (unpaired) electrons. The number of nitriles is 1. The molecule has 0 unspecified atom stereocenters. The first-order valence-electron chi connectivity index (χ1n) is 10.9. The fourth-order valence-corrected chi connectivity index (χ4v) is 5.24. The number of benzene rings is 2. The van der Waals surface area contributed by atoms with Crippen molar-refractivity contribution in [1.82, 2.24) is 0 Å². The highest BCUT2D eigenvalue weighted by molar-refractivity contribution is 6.13. The Morgan fingerprint density at radius 2 is 1.80 bits per heavy atom. The van der Waals surface area contributed by atoms with Gasteiger partial charge in [0.1, 0.15) is 24.3 Å². The van der Waals surface area contributed by atoms with Crippen molar-refractivity contribution >= 4 is 21.9 Å². The maximum absolute atomic E-state index is 9.98. The van der Waals surface area contributed by atoms with Crippen LogP contribution in [-0.4, -0.2) is 0 Å². The molecular formula is C27H27N2O+. The van der Waals surface area contributed by atoms with Crippen LogP contribution in [0.3, 0.4) is 0 Å². The lowest BCUT2D eigenvalue weighted by atomic mass is 9.82. The molecule has 5 rings (SSSR count). The quantitative estimate of drug-likeness (QED) is 0.358. The van der Waals surface area contributed by atoms with E-state index >= 15 is 0 Å². The summed E-state index contributed by atoms with van der Waals surface area (Å²) in [4.78, 5) is 0. The number of pyridine rings is 1. The van der Waals surface area contributed by atoms with Gasteiger partial charge >= 0.3 is 0 Å². The minimum Gasteiger partial charge on any atom is -0.455 e. The Kier molecular flexibility index (Phi) is 4.59. The van der Waals surface area contributed by atoms with Gasteiger partial charge in [-0.25, -0.2) is 4.57 Å². The van der Waals surface area contributed by atoms with E-state index in [-0.39, 0.29) is 0 Å². The van der Waals surface area contributed by atoms with Crippen LogP contribution in [0.1, 0.15) is 60.3 Å². The van der Waals surface area contributed by atoms with E-state index in [9.17, 15) is 5.26 Å². The third-order valence-electron chi connectivity index (χ3n) is 6.81. The number of aryl methyl sites for hydroxylation is 3. The summed E-state index contributed by atoms with van der Waals surface area (Å²) in [5, 5.41) is 12.0. The molecular weight excluding hydrogens is 368 g/mol. The lowest BCUT2D eigenvalue weighted by molar-refractivity contribution is -0.660. The highest BCUT2D eigenvalue weighted by Gasteiger charge is 2.26. The van der Waals surface area contributed by atoms with Crippen LogP contribution in [0.2, 0.25) is 0 Å². The van der Waals surface area contributed by atoms with Gasteiger partial charge in [0.25, 0.3) is 0 Å². The molecule has 150 valence electrons. The number of furan rings is 1. The molecule has 30 heavy (non-hydrogen) atoms. The first-order chi connectivity index (χ1) is 14.6. The van der Waals surface area contributed by atoms with Crippen LogP contribution < -0.4 is 4.57 Å². The second-order valence-electron chi connectivity index (χ2n) is 8.74. The third kappa shape index (κ3) is 2.82. The first-order valence-corrected chi connectivity index (χ1v) is 10.9. The topological polar surface area (TPSA) is 40.8 Å². The largest absolute Gasteiger partial charge is 0.455 e. The number of fused-ring (bicyclic) bond motifs is 3. The zero-order chi connectivity index (χ0) is 20.8.